The van der Waals surface area contributed by atoms with Crippen LogP contribution in [0, 0.1) is 0 Å². The number of hydrogen-bond acceptors (Lipinski definition) is 3. The number of amides is 1. The van der Waals surface area contributed by atoms with Crippen molar-refractivity contribution >= 4 is 12.2 Å². The third-order valence-corrected chi connectivity index (χ3v) is 2.98. The fourth-order valence-electron chi connectivity index (χ4n) is 1.93. The zero-order chi connectivity index (χ0) is 18.1. The highest BCUT2D eigenvalue weighted by atomic mass is 19.4. The van der Waals surface area contributed by atoms with E-state index in [1.165, 1.54) is 18.2 Å². The van der Waals surface area contributed by atoms with Gasteiger partial charge in [-0.2, -0.15) is 0 Å². The van der Waals surface area contributed by atoms with Crippen molar-refractivity contribution in [3.63, 3.8) is 0 Å². The van der Waals surface area contributed by atoms with Gasteiger partial charge in [-0.3, -0.25) is 0 Å². The number of carbonyl (C=O) groups excluding carboxylic acids is 1. The molecular formula is C18H16F3NO3. The Labute approximate surface area is 142 Å². The van der Waals surface area contributed by atoms with E-state index in [1.807, 2.05) is 30.3 Å². The van der Waals surface area contributed by atoms with Crippen molar-refractivity contribution in [3.05, 3.63) is 71.8 Å². The smallest absolute Gasteiger partial charge is 0.445 e. The van der Waals surface area contributed by atoms with Gasteiger partial charge in [0, 0.05) is 6.54 Å². The molecule has 1 N–H and O–H groups in total. The highest BCUT2D eigenvalue weighted by Gasteiger charge is 2.30. The van der Waals surface area contributed by atoms with Crippen molar-refractivity contribution in [2.24, 2.45) is 0 Å². The quantitative estimate of drug-likeness (QED) is 0.832. The Morgan fingerprint density at radius 2 is 1.84 bits per heavy atom. The third-order valence-electron chi connectivity index (χ3n) is 2.98. The highest BCUT2D eigenvalue weighted by Crippen LogP contribution is 2.23. The van der Waals surface area contributed by atoms with Crippen LogP contribution < -0.4 is 10.1 Å². The number of nitrogens with one attached hydrogen (secondary N) is 1. The van der Waals surface area contributed by atoms with Crippen molar-refractivity contribution in [1.29, 1.82) is 0 Å². The van der Waals surface area contributed by atoms with Gasteiger partial charge in [-0.15, -0.1) is 13.2 Å². The second kappa shape index (κ2) is 8.77. The molecule has 1 amide bonds. The van der Waals surface area contributed by atoms with E-state index in [0.717, 1.165) is 5.56 Å². The predicted molar refractivity (Wildman–Crippen MR) is 86.8 cm³/mol. The Morgan fingerprint density at radius 1 is 1.08 bits per heavy atom. The number of alkyl halides is 3. The van der Waals surface area contributed by atoms with Crippen LogP contribution in [0.2, 0.25) is 0 Å². The maximum atomic E-state index is 12.2. The first kappa shape index (κ1) is 18.4. The second-order valence-electron chi connectivity index (χ2n) is 4.97. The normalized spacial score (nSPS) is 11.3. The molecule has 0 saturated carbocycles. The predicted octanol–water partition coefficient (Wildman–Crippen LogP) is 4.52. The molecule has 132 valence electrons. The Balaban J connectivity index is 1.75. The molecule has 0 unspecified atom stereocenters. The molecule has 7 heteroatoms. The van der Waals surface area contributed by atoms with E-state index in [1.54, 1.807) is 18.2 Å². The van der Waals surface area contributed by atoms with E-state index in [4.69, 9.17) is 4.74 Å². The Kier molecular flexibility index (Phi) is 6.45. The molecule has 0 aliphatic heterocycles. The summed E-state index contributed by atoms with van der Waals surface area (Å²) in [6.07, 6.45) is -2.15. The summed E-state index contributed by atoms with van der Waals surface area (Å²) in [5.41, 5.74) is 1.39. The first-order valence-electron chi connectivity index (χ1n) is 7.39. The number of halogens is 3. The van der Waals surface area contributed by atoms with Crippen molar-refractivity contribution in [3.8, 4) is 5.75 Å². The summed E-state index contributed by atoms with van der Waals surface area (Å²) in [6, 6.07) is 14.7. The number of hydrogen-bond donors (Lipinski definition) is 1. The average molecular weight is 351 g/mol. The lowest BCUT2D eigenvalue weighted by atomic mass is 10.2. The molecule has 0 heterocycles. The van der Waals surface area contributed by atoms with E-state index < -0.39 is 12.5 Å². The average Bonchev–Trinajstić information content (AvgIpc) is 2.57. The van der Waals surface area contributed by atoms with Gasteiger partial charge < -0.3 is 14.8 Å². The van der Waals surface area contributed by atoms with Gasteiger partial charge in [-0.25, -0.2) is 4.79 Å². The first-order chi connectivity index (χ1) is 11.9. The monoisotopic (exact) mass is 351 g/mol. The van der Waals surface area contributed by atoms with Gasteiger partial charge in [0.1, 0.15) is 12.4 Å². The van der Waals surface area contributed by atoms with Gasteiger partial charge in [-0.1, -0.05) is 54.6 Å². The zero-order valence-electron chi connectivity index (χ0n) is 13.1. The van der Waals surface area contributed by atoms with Gasteiger partial charge in [0.05, 0.1) is 0 Å². The van der Waals surface area contributed by atoms with E-state index in [0.29, 0.717) is 5.56 Å². The Hall–Kier alpha value is -2.96. The lowest BCUT2D eigenvalue weighted by Gasteiger charge is -2.08. The van der Waals surface area contributed by atoms with E-state index in [2.05, 4.69) is 10.1 Å². The van der Waals surface area contributed by atoms with Gasteiger partial charge in [0.2, 0.25) is 0 Å². The molecule has 0 bridgehead atoms. The molecule has 2 aromatic carbocycles. The van der Waals surface area contributed by atoms with Crippen LogP contribution in [0.1, 0.15) is 11.1 Å². The van der Waals surface area contributed by atoms with Crippen LogP contribution in [0.15, 0.2) is 60.7 Å². The summed E-state index contributed by atoms with van der Waals surface area (Å²) in [6.45, 7) is 0.338. The Morgan fingerprint density at radius 3 is 2.56 bits per heavy atom. The molecule has 4 nitrogen and oxygen atoms in total. The number of carbonyl (C=O) groups is 1. The van der Waals surface area contributed by atoms with Crippen molar-refractivity contribution in [2.75, 3.05) is 6.54 Å². The standard InChI is InChI=1S/C18H16F3NO3/c19-18(20,21)25-16-10-4-8-14(12-16)9-5-11-22-17(23)24-13-15-6-2-1-3-7-15/h1-10,12H,11,13H2,(H,22,23). The summed E-state index contributed by atoms with van der Waals surface area (Å²) in [7, 11) is 0. The van der Waals surface area contributed by atoms with E-state index in [9.17, 15) is 18.0 Å². The van der Waals surface area contributed by atoms with Crippen molar-refractivity contribution in [2.45, 2.75) is 13.0 Å². The fraction of sp³-hybridized carbons (Fsp3) is 0.167. The second-order valence-corrected chi connectivity index (χ2v) is 4.97. The maximum absolute atomic E-state index is 12.2. The maximum Gasteiger partial charge on any atom is 0.573 e. The highest BCUT2D eigenvalue weighted by molar-refractivity contribution is 5.67. The van der Waals surface area contributed by atoms with Crippen LogP contribution >= 0.6 is 0 Å². The zero-order valence-corrected chi connectivity index (χ0v) is 13.1. The molecule has 0 aromatic heterocycles. The molecule has 2 aromatic rings. The van der Waals surface area contributed by atoms with E-state index in [-0.39, 0.29) is 18.9 Å². The summed E-state index contributed by atoms with van der Waals surface area (Å²) in [5, 5.41) is 2.52. The molecule has 0 saturated heterocycles. The summed E-state index contributed by atoms with van der Waals surface area (Å²) < 4.78 is 45.3. The van der Waals surface area contributed by atoms with Gasteiger partial charge in [-0.05, 0) is 23.3 Å². The first-order valence-corrected chi connectivity index (χ1v) is 7.39. The van der Waals surface area contributed by atoms with Crippen molar-refractivity contribution < 1.29 is 27.4 Å². The summed E-state index contributed by atoms with van der Waals surface area (Å²) in [4.78, 5) is 11.5. The number of rotatable bonds is 6. The number of ether oxygens (including phenoxy) is 2. The largest absolute Gasteiger partial charge is 0.573 e. The van der Waals surface area contributed by atoms with Crippen LogP contribution in [0.3, 0.4) is 0 Å². The van der Waals surface area contributed by atoms with E-state index >= 15 is 0 Å². The molecule has 0 spiro atoms. The molecule has 0 aliphatic rings. The lowest BCUT2D eigenvalue weighted by Crippen LogP contribution is -2.24. The van der Waals surface area contributed by atoms with Crippen LogP contribution in [0.25, 0.3) is 6.08 Å². The minimum absolute atomic E-state index is 0.160. The third kappa shape index (κ3) is 7.43. The minimum Gasteiger partial charge on any atom is -0.445 e. The summed E-state index contributed by atoms with van der Waals surface area (Å²) in [5.74, 6) is -0.301. The van der Waals surface area contributed by atoms with Crippen LogP contribution in [0.4, 0.5) is 18.0 Å². The topological polar surface area (TPSA) is 47.6 Å². The van der Waals surface area contributed by atoms with Gasteiger partial charge in [0.25, 0.3) is 0 Å². The molecule has 2 rings (SSSR count). The molecule has 0 radical (unpaired) electrons. The molecular weight excluding hydrogens is 335 g/mol. The van der Waals surface area contributed by atoms with Crippen molar-refractivity contribution in [1.82, 2.24) is 5.32 Å². The lowest BCUT2D eigenvalue weighted by molar-refractivity contribution is -0.274. The van der Waals surface area contributed by atoms with Crippen LogP contribution in [0.5, 0.6) is 5.75 Å². The molecule has 0 aliphatic carbocycles. The summed E-state index contributed by atoms with van der Waals surface area (Å²) >= 11 is 0. The fourth-order valence-corrected chi connectivity index (χ4v) is 1.93. The van der Waals surface area contributed by atoms with Gasteiger partial charge in [0.15, 0.2) is 0 Å². The van der Waals surface area contributed by atoms with Crippen LogP contribution in [-0.4, -0.2) is 19.0 Å². The van der Waals surface area contributed by atoms with Crippen LogP contribution in [-0.2, 0) is 11.3 Å². The molecule has 25 heavy (non-hydrogen) atoms. The number of alkyl carbamates (subject to hydrolysis) is 1. The molecule has 0 fully saturated rings. The van der Waals surface area contributed by atoms with Gasteiger partial charge >= 0.3 is 12.5 Å². The SMILES string of the molecule is O=C(NCC=Cc1cccc(OC(F)(F)F)c1)OCc1ccccc1. The Bertz CT molecular complexity index is 715. The minimum atomic E-state index is -4.73. The number of benzene rings is 2. The molecule has 0 atom stereocenters.